The van der Waals surface area contributed by atoms with Gasteiger partial charge in [0.2, 0.25) is 5.91 Å². The van der Waals surface area contributed by atoms with Crippen LogP contribution in [-0.4, -0.2) is 16.1 Å². The summed E-state index contributed by atoms with van der Waals surface area (Å²) < 4.78 is 0. The smallest absolute Gasteiger partial charge is 0.226 e. The van der Waals surface area contributed by atoms with Gasteiger partial charge in [-0.15, -0.1) is 0 Å². The molecule has 0 spiro atoms. The number of rotatable bonds is 2. The maximum Gasteiger partial charge on any atom is 0.226 e. The van der Waals surface area contributed by atoms with Crippen molar-refractivity contribution >= 4 is 17.5 Å². The third-order valence-electron chi connectivity index (χ3n) is 2.57. The van der Waals surface area contributed by atoms with Crippen molar-refractivity contribution in [1.82, 2.24) is 10.2 Å². The van der Waals surface area contributed by atoms with Crippen molar-refractivity contribution < 1.29 is 4.79 Å². The van der Waals surface area contributed by atoms with E-state index in [1.54, 1.807) is 0 Å². The van der Waals surface area contributed by atoms with Gasteiger partial charge in [0, 0.05) is 12.0 Å². The van der Waals surface area contributed by atoms with Crippen LogP contribution in [0, 0.1) is 0 Å². The lowest BCUT2D eigenvalue weighted by Gasteiger charge is -2.21. The Labute approximate surface area is 82.1 Å². The summed E-state index contributed by atoms with van der Waals surface area (Å²) in [5.41, 5.74) is 6.74. The van der Waals surface area contributed by atoms with Crippen molar-refractivity contribution in [2.24, 2.45) is 0 Å². The van der Waals surface area contributed by atoms with Gasteiger partial charge in [-0.1, -0.05) is 13.3 Å². The molecule has 0 aliphatic carbocycles. The van der Waals surface area contributed by atoms with E-state index in [4.69, 9.17) is 5.73 Å². The summed E-state index contributed by atoms with van der Waals surface area (Å²) in [7, 11) is 0. The van der Waals surface area contributed by atoms with Gasteiger partial charge >= 0.3 is 0 Å². The number of amides is 1. The van der Waals surface area contributed by atoms with Crippen molar-refractivity contribution in [3.8, 4) is 0 Å². The average molecular weight is 194 g/mol. The van der Waals surface area contributed by atoms with E-state index >= 15 is 0 Å². The van der Waals surface area contributed by atoms with Crippen LogP contribution >= 0.6 is 0 Å². The Balaban J connectivity index is 2.36. The maximum atomic E-state index is 11.3. The topological polar surface area (TPSA) is 83.8 Å². The Hall–Kier alpha value is -1.52. The number of nitrogens with one attached hydrogen (secondary N) is 2. The third kappa shape index (κ3) is 1.34. The minimum atomic E-state index is 0.0300. The van der Waals surface area contributed by atoms with Crippen LogP contribution in [0.2, 0.25) is 0 Å². The quantitative estimate of drug-likeness (QED) is 0.661. The lowest BCUT2D eigenvalue weighted by molar-refractivity contribution is -0.116. The van der Waals surface area contributed by atoms with E-state index in [-0.39, 0.29) is 11.8 Å². The Morgan fingerprint density at radius 3 is 3.14 bits per heavy atom. The lowest BCUT2D eigenvalue weighted by atomic mass is 9.89. The first-order valence-electron chi connectivity index (χ1n) is 4.86. The number of carbonyl (C=O) groups is 1. The fourth-order valence-electron chi connectivity index (χ4n) is 1.98. The van der Waals surface area contributed by atoms with Crippen LogP contribution in [-0.2, 0) is 4.79 Å². The van der Waals surface area contributed by atoms with Gasteiger partial charge in [0.15, 0.2) is 5.82 Å². The Kier molecular flexibility index (Phi) is 2.15. The number of nitrogens with zero attached hydrogens (tertiary/aromatic N) is 1. The van der Waals surface area contributed by atoms with Gasteiger partial charge < -0.3 is 11.1 Å². The van der Waals surface area contributed by atoms with Crippen molar-refractivity contribution in [2.45, 2.75) is 32.1 Å². The summed E-state index contributed by atoms with van der Waals surface area (Å²) in [5, 5.41) is 9.37. The number of hydrogen-bond acceptors (Lipinski definition) is 3. The second-order valence-electron chi connectivity index (χ2n) is 3.64. The highest BCUT2D eigenvalue weighted by Gasteiger charge is 2.28. The second kappa shape index (κ2) is 3.32. The fourth-order valence-corrected chi connectivity index (χ4v) is 1.98. The average Bonchev–Trinajstić information content (AvgIpc) is 2.48. The molecule has 5 nitrogen and oxygen atoms in total. The number of anilines is 2. The Bertz CT molecular complexity index is 358. The molecule has 2 heterocycles. The standard InChI is InChI=1S/C9H14N4O/c1-2-3-5-4-6(14)11-9-7(5)8(10)12-13-9/h5H,2-4H2,1H3,(H4,10,11,12,13,14). The third-order valence-corrected chi connectivity index (χ3v) is 2.57. The van der Waals surface area contributed by atoms with Gasteiger partial charge in [0.25, 0.3) is 0 Å². The van der Waals surface area contributed by atoms with Crippen LogP contribution < -0.4 is 11.1 Å². The van der Waals surface area contributed by atoms with Crippen molar-refractivity contribution in [3.63, 3.8) is 0 Å². The highest BCUT2D eigenvalue weighted by atomic mass is 16.1. The van der Waals surface area contributed by atoms with E-state index in [9.17, 15) is 4.79 Å². The molecule has 0 saturated carbocycles. The summed E-state index contributed by atoms with van der Waals surface area (Å²) >= 11 is 0. The van der Waals surface area contributed by atoms with E-state index in [0.717, 1.165) is 18.4 Å². The molecule has 1 aliphatic heterocycles. The SMILES string of the molecule is CCCC1CC(=O)Nc2n[nH]c(N)c21. The van der Waals surface area contributed by atoms with Crippen LogP contribution in [0.3, 0.4) is 0 Å². The summed E-state index contributed by atoms with van der Waals surface area (Å²) in [4.78, 5) is 11.3. The number of nitrogen functional groups attached to an aromatic ring is 1. The number of H-pyrrole nitrogens is 1. The van der Waals surface area contributed by atoms with E-state index < -0.39 is 0 Å². The minimum absolute atomic E-state index is 0.0300. The van der Waals surface area contributed by atoms with E-state index in [1.165, 1.54) is 0 Å². The lowest BCUT2D eigenvalue weighted by Crippen LogP contribution is -2.22. The monoisotopic (exact) mass is 194 g/mol. The number of carbonyl (C=O) groups excluding carboxylic acids is 1. The number of nitrogens with two attached hydrogens (primary N) is 1. The molecular formula is C9H14N4O. The normalized spacial score (nSPS) is 20.4. The molecule has 0 aromatic carbocycles. The van der Waals surface area contributed by atoms with Crippen molar-refractivity contribution in [1.29, 1.82) is 0 Å². The van der Waals surface area contributed by atoms with Crippen LogP contribution in [0.25, 0.3) is 0 Å². The molecule has 0 bridgehead atoms. The Morgan fingerprint density at radius 2 is 2.43 bits per heavy atom. The molecule has 1 atom stereocenters. The predicted octanol–water partition coefficient (Wildman–Crippen LogP) is 1.22. The van der Waals surface area contributed by atoms with Crippen molar-refractivity contribution in [3.05, 3.63) is 5.56 Å². The molecule has 1 aliphatic rings. The highest BCUT2D eigenvalue weighted by Crippen LogP contribution is 2.37. The largest absolute Gasteiger partial charge is 0.384 e. The van der Waals surface area contributed by atoms with E-state index in [1.807, 2.05) is 0 Å². The van der Waals surface area contributed by atoms with Crippen LogP contribution in [0.15, 0.2) is 0 Å². The van der Waals surface area contributed by atoms with Gasteiger partial charge in [-0.25, -0.2) is 0 Å². The Morgan fingerprint density at radius 1 is 1.64 bits per heavy atom. The molecular weight excluding hydrogens is 180 g/mol. The molecule has 4 N–H and O–H groups in total. The van der Waals surface area contributed by atoms with E-state index in [2.05, 4.69) is 22.4 Å². The molecule has 0 fully saturated rings. The summed E-state index contributed by atoms with van der Waals surface area (Å²) in [6, 6.07) is 0. The van der Waals surface area contributed by atoms with Gasteiger partial charge in [0.05, 0.1) is 0 Å². The van der Waals surface area contributed by atoms with Gasteiger partial charge in [0.1, 0.15) is 5.82 Å². The molecule has 76 valence electrons. The fraction of sp³-hybridized carbons (Fsp3) is 0.556. The molecule has 1 amide bonds. The van der Waals surface area contributed by atoms with Crippen molar-refractivity contribution in [2.75, 3.05) is 11.1 Å². The molecule has 14 heavy (non-hydrogen) atoms. The zero-order chi connectivity index (χ0) is 10.1. The first-order chi connectivity index (χ1) is 6.72. The zero-order valence-electron chi connectivity index (χ0n) is 8.13. The molecule has 5 heteroatoms. The highest BCUT2D eigenvalue weighted by molar-refractivity contribution is 5.94. The first-order valence-corrected chi connectivity index (χ1v) is 4.86. The summed E-state index contributed by atoms with van der Waals surface area (Å²) in [6.45, 7) is 2.10. The van der Waals surface area contributed by atoms with Gasteiger partial charge in [-0.3, -0.25) is 9.89 Å². The van der Waals surface area contributed by atoms with Gasteiger partial charge in [-0.05, 0) is 12.3 Å². The van der Waals surface area contributed by atoms with Crippen LogP contribution in [0.4, 0.5) is 11.6 Å². The van der Waals surface area contributed by atoms with Crippen LogP contribution in [0.5, 0.6) is 0 Å². The van der Waals surface area contributed by atoms with Gasteiger partial charge in [-0.2, -0.15) is 5.10 Å². The van der Waals surface area contributed by atoms with Crippen LogP contribution in [0.1, 0.15) is 37.7 Å². The summed E-state index contributed by atoms with van der Waals surface area (Å²) in [5.74, 6) is 1.45. The second-order valence-corrected chi connectivity index (χ2v) is 3.64. The maximum absolute atomic E-state index is 11.3. The number of aromatic amines is 1. The number of aromatic nitrogens is 2. The zero-order valence-corrected chi connectivity index (χ0v) is 8.13. The molecule has 1 unspecified atom stereocenters. The molecule has 1 aromatic heterocycles. The molecule has 2 rings (SSSR count). The summed E-state index contributed by atoms with van der Waals surface area (Å²) in [6.07, 6.45) is 2.54. The number of hydrogen-bond donors (Lipinski definition) is 3. The predicted molar refractivity (Wildman–Crippen MR) is 53.9 cm³/mol. The molecule has 0 radical (unpaired) electrons. The molecule has 1 aromatic rings. The minimum Gasteiger partial charge on any atom is -0.384 e. The molecule has 0 saturated heterocycles. The van der Waals surface area contributed by atoms with E-state index in [0.29, 0.717) is 18.1 Å². The first kappa shape index (κ1) is 9.05. The number of fused-ring (bicyclic) bond motifs is 1.